The Bertz CT molecular complexity index is 734. The van der Waals surface area contributed by atoms with Crippen LogP contribution in [0.5, 0.6) is 0 Å². The Morgan fingerprint density at radius 3 is 2.35 bits per heavy atom. The largest absolute Gasteiger partial charge is 0.337 e. The summed E-state index contributed by atoms with van der Waals surface area (Å²) < 4.78 is 0. The molecule has 1 fully saturated rings. The Kier molecular flexibility index (Phi) is 7.18. The highest BCUT2D eigenvalue weighted by atomic mass is 35.5. The summed E-state index contributed by atoms with van der Waals surface area (Å²) >= 11 is 0. The predicted molar refractivity (Wildman–Crippen MR) is 106 cm³/mol. The van der Waals surface area contributed by atoms with E-state index in [0.717, 1.165) is 25.9 Å². The molecule has 1 aliphatic heterocycles. The molecule has 138 valence electrons. The standard InChI is InChI=1S/C20H23N3O2.ClH/c1-21-18-8-5-13-23(14-18)20(25)16-9-11-17(12-10-16)22-19(24)15-6-3-2-4-7-15;/h2-4,6-7,9-12,18,21H,5,8,13-14H2,1H3,(H,22,24);1H. The molecule has 0 aliphatic carbocycles. The van der Waals surface area contributed by atoms with Gasteiger partial charge in [-0.25, -0.2) is 0 Å². The Labute approximate surface area is 160 Å². The molecular formula is C20H24ClN3O2. The molecule has 2 N–H and O–H groups in total. The highest BCUT2D eigenvalue weighted by Gasteiger charge is 2.23. The molecule has 1 unspecified atom stereocenters. The molecule has 0 spiro atoms. The number of halogens is 1. The maximum atomic E-state index is 12.6. The normalized spacial score (nSPS) is 16.5. The van der Waals surface area contributed by atoms with Gasteiger partial charge in [-0.2, -0.15) is 0 Å². The molecule has 2 amide bonds. The molecule has 2 aromatic rings. The number of nitrogens with one attached hydrogen (secondary N) is 2. The molecule has 0 saturated carbocycles. The number of carbonyl (C=O) groups excluding carboxylic acids is 2. The van der Waals surface area contributed by atoms with E-state index in [4.69, 9.17) is 0 Å². The SMILES string of the molecule is CNC1CCCN(C(=O)c2ccc(NC(=O)c3ccccc3)cc2)C1.Cl. The highest BCUT2D eigenvalue weighted by Crippen LogP contribution is 2.16. The molecule has 1 saturated heterocycles. The molecule has 0 aromatic heterocycles. The summed E-state index contributed by atoms with van der Waals surface area (Å²) in [7, 11) is 1.93. The zero-order valence-corrected chi connectivity index (χ0v) is 15.6. The number of likely N-dealkylation sites (N-methyl/N-ethyl adjacent to an activating group) is 1. The number of piperidine rings is 1. The van der Waals surface area contributed by atoms with Crippen molar-refractivity contribution in [2.75, 3.05) is 25.5 Å². The fourth-order valence-corrected chi connectivity index (χ4v) is 3.07. The number of amides is 2. The van der Waals surface area contributed by atoms with Gasteiger partial charge in [-0.1, -0.05) is 18.2 Å². The van der Waals surface area contributed by atoms with E-state index in [1.807, 2.05) is 30.1 Å². The van der Waals surface area contributed by atoms with Crippen LogP contribution >= 0.6 is 12.4 Å². The van der Waals surface area contributed by atoms with Gasteiger partial charge in [-0.15, -0.1) is 12.4 Å². The van der Waals surface area contributed by atoms with Gasteiger partial charge in [0.1, 0.15) is 0 Å². The summed E-state index contributed by atoms with van der Waals surface area (Å²) in [4.78, 5) is 26.7. The molecule has 1 aliphatic rings. The van der Waals surface area contributed by atoms with Gasteiger partial charge in [0.15, 0.2) is 0 Å². The van der Waals surface area contributed by atoms with E-state index >= 15 is 0 Å². The quantitative estimate of drug-likeness (QED) is 0.865. The minimum Gasteiger partial charge on any atom is -0.337 e. The lowest BCUT2D eigenvalue weighted by Gasteiger charge is -2.32. The van der Waals surface area contributed by atoms with Crippen molar-refractivity contribution < 1.29 is 9.59 Å². The Balaban J connectivity index is 0.00000243. The summed E-state index contributed by atoms with van der Waals surface area (Å²) in [6.07, 6.45) is 2.12. The van der Waals surface area contributed by atoms with Crippen LogP contribution < -0.4 is 10.6 Å². The van der Waals surface area contributed by atoms with Crippen molar-refractivity contribution in [2.45, 2.75) is 18.9 Å². The van der Waals surface area contributed by atoms with Gasteiger partial charge >= 0.3 is 0 Å². The zero-order chi connectivity index (χ0) is 17.6. The third-order valence-electron chi connectivity index (χ3n) is 4.54. The second kappa shape index (κ2) is 9.36. The summed E-state index contributed by atoms with van der Waals surface area (Å²) in [5, 5.41) is 6.09. The number of rotatable bonds is 4. The number of anilines is 1. The van der Waals surface area contributed by atoms with Gasteiger partial charge < -0.3 is 15.5 Å². The van der Waals surface area contributed by atoms with Crippen LogP contribution in [0.1, 0.15) is 33.6 Å². The minimum absolute atomic E-state index is 0. The van der Waals surface area contributed by atoms with Crippen molar-refractivity contribution in [3.63, 3.8) is 0 Å². The van der Waals surface area contributed by atoms with Gasteiger partial charge in [-0.05, 0) is 56.3 Å². The Morgan fingerprint density at radius 2 is 1.69 bits per heavy atom. The number of benzene rings is 2. The lowest BCUT2D eigenvalue weighted by Crippen LogP contribution is -2.46. The van der Waals surface area contributed by atoms with Gasteiger partial charge in [-0.3, -0.25) is 9.59 Å². The van der Waals surface area contributed by atoms with Crippen molar-refractivity contribution >= 4 is 29.9 Å². The van der Waals surface area contributed by atoms with E-state index in [0.29, 0.717) is 22.9 Å². The average Bonchev–Trinajstić information content (AvgIpc) is 2.68. The third kappa shape index (κ3) is 4.84. The fourth-order valence-electron chi connectivity index (χ4n) is 3.07. The fraction of sp³-hybridized carbons (Fsp3) is 0.300. The molecule has 2 aromatic carbocycles. The van der Waals surface area contributed by atoms with E-state index in [-0.39, 0.29) is 24.2 Å². The average molecular weight is 374 g/mol. The smallest absolute Gasteiger partial charge is 0.255 e. The first kappa shape index (κ1) is 19.9. The monoisotopic (exact) mass is 373 g/mol. The van der Waals surface area contributed by atoms with Crippen LogP contribution in [0.25, 0.3) is 0 Å². The van der Waals surface area contributed by atoms with Crippen molar-refractivity contribution in [3.05, 3.63) is 65.7 Å². The van der Waals surface area contributed by atoms with E-state index in [9.17, 15) is 9.59 Å². The zero-order valence-electron chi connectivity index (χ0n) is 14.8. The van der Waals surface area contributed by atoms with Crippen LogP contribution in [0.2, 0.25) is 0 Å². The van der Waals surface area contributed by atoms with Crippen LogP contribution in [0.15, 0.2) is 54.6 Å². The maximum Gasteiger partial charge on any atom is 0.255 e. The first-order valence-corrected chi connectivity index (χ1v) is 8.60. The molecule has 26 heavy (non-hydrogen) atoms. The first-order chi connectivity index (χ1) is 12.2. The number of carbonyl (C=O) groups is 2. The highest BCUT2D eigenvalue weighted by molar-refractivity contribution is 6.04. The molecule has 1 heterocycles. The second-order valence-corrected chi connectivity index (χ2v) is 6.28. The van der Waals surface area contributed by atoms with Crippen molar-refractivity contribution in [1.29, 1.82) is 0 Å². The lowest BCUT2D eigenvalue weighted by molar-refractivity contribution is 0.0698. The number of hydrogen-bond donors (Lipinski definition) is 2. The molecule has 5 nitrogen and oxygen atoms in total. The van der Waals surface area contributed by atoms with Crippen LogP contribution in [-0.4, -0.2) is 42.9 Å². The lowest BCUT2D eigenvalue weighted by atomic mass is 10.0. The summed E-state index contributed by atoms with van der Waals surface area (Å²) in [5.41, 5.74) is 1.93. The van der Waals surface area contributed by atoms with Crippen molar-refractivity contribution in [3.8, 4) is 0 Å². The van der Waals surface area contributed by atoms with Gasteiger partial charge in [0.25, 0.3) is 11.8 Å². The van der Waals surface area contributed by atoms with Crippen LogP contribution in [-0.2, 0) is 0 Å². The molecule has 1 atom stereocenters. The van der Waals surface area contributed by atoms with Crippen molar-refractivity contribution in [1.82, 2.24) is 10.2 Å². The molecular weight excluding hydrogens is 350 g/mol. The number of likely N-dealkylation sites (tertiary alicyclic amines) is 1. The summed E-state index contributed by atoms with van der Waals surface area (Å²) in [5.74, 6) is -0.117. The number of nitrogens with zero attached hydrogens (tertiary/aromatic N) is 1. The third-order valence-corrected chi connectivity index (χ3v) is 4.54. The number of hydrogen-bond acceptors (Lipinski definition) is 3. The van der Waals surface area contributed by atoms with E-state index < -0.39 is 0 Å². The molecule has 0 radical (unpaired) electrons. The predicted octanol–water partition coefficient (Wildman–Crippen LogP) is 3.18. The van der Waals surface area contributed by atoms with Crippen LogP contribution in [0.4, 0.5) is 5.69 Å². The van der Waals surface area contributed by atoms with Gasteiger partial charge in [0.2, 0.25) is 0 Å². The van der Waals surface area contributed by atoms with E-state index in [2.05, 4.69) is 10.6 Å². The molecule has 6 heteroatoms. The van der Waals surface area contributed by atoms with Crippen molar-refractivity contribution in [2.24, 2.45) is 0 Å². The maximum absolute atomic E-state index is 12.6. The molecule has 0 bridgehead atoms. The second-order valence-electron chi connectivity index (χ2n) is 6.28. The van der Waals surface area contributed by atoms with E-state index in [1.165, 1.54) is 0 Å². The minimum atomic E-state index is -0.160. The van der Waals surface area contributed by atoms with Crippen LogP contribution in [0, 0.1) is 0 Å². The molecule has 3 rings (SSSR count). The summed E-state index contributed by atoms with van der Waals surface area (Å²) in [6.45, 7) is 1.53. The van der Waals surface area contributed by atoms with Gasteiger partial charge in [0, 0.05) is 35.9 Å². The van der Waals surface area contributed by atoms with Gasteiger partial charge in [0.05, 0.1) is 0 Å². The van der Waals surface area contributed by atoms with Crippen LogP contribution in [0.3, 0.4) is 0 Å². The Morgan fingerprint density at radius 1 is 1.00 bits per heavy atom. The van der Waals surface area contributed by atoms with E-state index in [1.54, 1.807) is 36.4 Å². The first-order valence-electron chi connectivity index (χ1n) is 8.60. The summed E-state index contributed by atoms with van der Waals surface area (Å²) in [6, 6.07) is 16.5. The topological polar surface area (TPSA) is 61.4 Å². The Hall–Kier alpha value is -2.37.